The van der Waals surface area contributed by atoms with E-state index in [2.05, 4.69) is 32.7 Å². The van der Waals surface area contributed by atoms with Crippen LogP contribution in [0.5, 0.6) is 0 Å². The minimum atomic E-state index is 0.0426. The van der Waals surface area contributed by atoms with Crippen molar-refractivity contribution in [3.05, 3.63) is 29.3 Å². The van der Waals surface area contributed by atoms with E-state index in [1.807, 2.05) is 32.0 Å². The second kappa shape index (κ2) is 8.64. The number of likely N-dealkylation sites (tertiary alicyclic amines) is 1. The number of amides is 1. The van der Waals surface area contributed by atoms with Crippen LogP contribution in [-0.2, 0) is 4.79 Å². The second-order valence-electron chi connectivity index (χ2n) is 6.68. The summed E-state index contributed by atoms with van der Waals surface area (Å²) in [5, 5.41) is 15.8. The van der Waals surface area contributed by atoms with Gasteiger partial charge in [0.1, 0.15) is 0 Å². The number of piperidine rings is 1. The monoisotopic (exact) mass is 374 g/mol. The first-order chi connectivity index (χ1) is 12.6. The Morgan fingerprint density at radius 2 is 1.96 bits per heavy atom. The number of para-hydroxylation sites is 1. The Morgan fingerprint density at radius 1 is 1.27 bits per heavy atom. The number of tetrazole rings is 1. The molecule has 1 aliphatic heterocycles. The van der Waals surface area contributed by atoms with E-state index < -0.39 is 0 Å². The summed E-state index contributed by atoms with van der Waals surface area (Å²) >= 11 is 1.37. The van der Waals surface area contributed by atoms with Crippen LogP contribution in [0.1, 0.15) is 30.9 Å². The number of aromatic nitrogens is 4. The number of rotatable bonds is 6. The minimum Gasteiger partial charge on any atom is -0.353 e. The fourth-order valence-corrected chi connectivity index (χ4v) is 4.03. The van der Waals surface area contributed by atoms with Gasteiger partial charge in [-0.3, -0.25) is 4.79 Å². The van der Waals surface area contributed by atoms with E-state index in [0.717, 1.165) is 49.3 Å². The molecule has 1 saturated heterocycles. The lowest BCUT2D eigenvalue weighted by atomic mass is 10.1. The molecular weight excluding hydrogens is 348 g/mol. The molecule has 0 bridgehead atoms. The van der Waals surface area contributed by atoms with Crippen molar-refractivity contribution in [3.8, 4) is 5.69 Å². The smallest absolute Gasteiger partial charge is 0.230 e. The molecule has 0 atom stereocenters. The largest absolute Gasteiger partial charge is 0.353 e. The van der Waals surface area contributed by atoms with Crippen molar-refractivity contribution in [1.29, 1.82) is 0 Å². The number of carbonyl (C=O) groups is 1. The Bertz CT molecular complexity index is 734. The SMILES string of the molecule is CCN1CCC(NC(=O)CSc2nnnn2-c2c(C)cccc2C)CC1. The summed E-state index contributed by atoms with van der Waals surface area (Å²) in [5.74, 6) is 0.361. The zero-order chi connectivity index (χ0) is 18.5. The van der Waals surface area contributed by atoms with Gasteiger partial charge in [-0.2, -0.15) is 4.68 Å². The van der Waals surface area contributed by atoms with Crippen molar-refractivity contribution in [3.63, 3.8) is 0 Å². The van der Waals surface area contributed by atoms with E-state index >= 15 is 0 Å². The molecule has 26 heavy (non-hydrogen) atoms. The summed E-state index contributed by atoms with van der Waals surface area (Å²) in [5.41, 5.74) is 3.19. The fourth-order valence-electron chi connectivity index (χ4n) is 3.34. The summed E-state index contributed by atoms with van der Waals surface area (Å²) in [6.07, 6.45) is 2.04. The van der Waals surface area contributed by atoms with Gasteiger partial charge in [0.05, 0.1) is 11.4 Å². The molecule has 0 saturated carbocycles. The molecule has 1 aliphatic rings. The molecule has 0 radical (unpaired) electrons. The molecule has 1 N–H and O–H groups in total. The number of hydrogen-bond donors (Lipinski definition) is 1. The standard InChI is InChI=1S/C18H26N6OS/c1-4-23-10-8-15(9-11-23)19-16(25)12-26-18-20-21-22-24(18)17-13(2)6-5-7-14(17)3/h5-7,15H,4,8-12H2,1-3H3,(H,19,25). The summed E-state index contributed by atoms with van der Waals surface area (Å²) in [6, 6.07) is 6.37. The fraction of sp³-hybridized carbons (Fsp3) is 0.556. The van der Waals surface area contributed by atoms with Crippen molar-refractivity contribution >= 4 is 17.7 Å². The Kier molecular flexibility index (Phi) is 6.26. The van der Waals surface area contributed by atoms with Crippen molar-refractivity contribution < 1.29 is 4.79 Å². The Morgan fingerprint density at radius 3 is 2.62 bits per heavy atom. The topological polar surface area (TPSA) is 75.9 Å². The van der Waals surface area contributed by atoms with Gasteiger partial charge in [0.15, 0.2) is 0 Å². The number of carbonyl (C=O) groups excluding carboxylic acids is 1. The maximum absolute atomic E-state index is 12.3. The maximum atomic E-state index is 12.3. The molecular formula is C18H26N6OS. The Hall–Kier alpha value is -1.93. The van der Waals surface area contributed by atoms with Gasteiger partial charge < -0.3 is 10.2 Å². The molecule has 3 rings (SSSR count). The summed E-state index contributed by atoms with van der Waals surface area (Å²) in [4.78, 5) is 14.7. The van der Waals surface area contributed by atoms with Crippen LogP contribution < -0.4 is 5.32 Å². The van der Waals surface area contributed by atoms with Crippen LogP contribution in [0.2, 0.25) is 0 Å². The number of hydrogen-bond acceptors (Lipinski definition) is 6. The predicted octanol–water partition coefficient (Wildman–Crippen LogP) is 1.97. The Labute approximate surface area is 158 Å². The van der Waals surface area contributed by atoms with Crippen molar-refractivity contribution in [2.45, 2.75) is 44.8 Å². The number of nitrogens with zero attached hydrogens (tertiary/aromatic N) is 5. The molecule has 8 heteroatoms. The predicted molar refractivity (Wildman–Crippen MR) is 103 cm³/mol. The lowest BCUT2D eigenvalue weighted by molar-refractivity contribution is -0.119. The van der Waals surface area contributed by atoms with Crippen LogP contribution in [-0.4, -0.2) is 62.4 Å². The van der Waals surface area contributed by atoms with E-state index in [9.17, 15) is 4.79 Å². The number of benzene rings is 1. The lowest BCUT2D eigenvalue weighted by Crippen LogP contribution is -2.45. The molecule has 1 aromatic carbocycles. The van der Waals surface area contributed by atoms with E-state index in [1.165, 1.54) is 11.8 Å². The average Bonchev–Trinajstić information content (AvgIpc) is 3.09. The van der Waals surface area contributed by atoms with Gasteiger partial charge in [-0.1, -0.05) is 36.9 Å². The summed E-state index contributed by atoms with van der Waals surface area (Å²) in [7, 11) is 0. The van der Waals surface area contributed by atoms with Crippen LogP contribution in [0.15, 0.2) is 23.4 Å². The number of aryl methyl sites for hydroxylation is 2. The molecule has 2 heterocycles. The highest BCUT2D eigenvalue weighted by Crippen LogP contribution is 2.23. The molecule has 2 aromatic rings. The molecule has 0 aliphatic carbocycles. The van der Waals surface area contributed by atoms with Crippen LogP contribution >= 0.6 is 11.8 Å². The van der Waals surface area contributed by atoms with Gasteiger partial charge in [0.2, 0.25) is 11.1 Å². The first-order valence-electron chi connectivity index (χ1n) is 9.08. The van der Waals surface area contributed by atoms with Gasteiger partial charge in [-0.05, 0) is 54.8 Å². The quantitative estimate of drug-likeness (QED) is 0.779. The molecule has 1 aromatic heterocycles. The first-order valence-corrected chi connectivity index (χ1v) is 10.1. The molecule has 0 spiro atoms. The molecule has 0 unspecified atom stereocenters. The van der Waals surface area contributed by atoms with Crippen LogP contribution in [0, 0.1) is 13.8 Å². The van der Waals surface area contributed by atoms with Gasteiger partial charge in [0, 0.05) is 19.1 Å². The molecule has 140 valence electrons. The molecule has 7 nitrogen and oxygen atoms in total. The van der Waals surface area contributed by atoms with Gasteiger partial charge in [-0.15, -0.1) is 5.10 Å². The van der Waals surface area contributed by atoms with Gasteiger partial charge in [-0.25, -0.2) is 0 Å². The van der Waals surface area contributed by atoms with Gasteiger partial charge in [0.25, 0.3) is 0 Å². The minimum absolute atomic E-state index is 0.0426. The van der Waals surface area contributed by atoms with E-state index in [0.29, 0.717) is 10.9 Å². The molecule has 1 fully saturated rings. The van der Waals surface area contributed by atoms with Crippen LogP contribution in [0.4, 0.5) is 0 Å². The van der Waals surface area contributed by atoms with E-state index in [4.69, 9.17) is 0 Å². The normalized spacial score (nSPS) is 16.0. The highest BCUT2D eigenvalue weighted by atomic mass is 32.2. The Balaban J connectivity index is 1.58. The van der Waals surface area contributed by atoms with E-state index in [-0.39, 0.29) is 11.9 Å². The third kappa shape index (κ3) is 4.42. The lowest BCUT2D eigenvalue weighted by Gasteiger charge is -2.31. The second-order valence-corrected chi connectivity index (χ2v) is 7.62. The third-order valence-electron chi connectivity index (χ3n) is 4.82. The van der Waals surface area contributed by atoms with Crippen molar-refractivity contribution in [2.75, 3.05) is 25.4 Å². The first kappa shape index (κ1) is 18.8. The third-order valence-corrected chi connectivity index (χ3v) is 5.74. The van der Waals surface area contributed by atoms with Crippen LogP contribution in [0.25, 0.3) is 5.69 Å². The average molecular weight is 375 g/mol. The maximum Gasteiger partial charge on any atom is 0.230 e. The highest BCUT2D eigenvalue weighted by molar-refractivity contribution is 7.99. The zero-order valence-corrected chi connectivity index (χ0v) is 16.4. The number of thioether (sulfide) groups is 1. The zero-order valence-electron chi connectivity index (χ0n) is 15.6. The van der Waals surface area contributed by atoms with E-state index in [1.54, 1.807) is 4.68 Å². The highest BCUT2D eigenvalue weighted by Gasteiger charge is 2.20. The van der Waals surface area contributed by atoms with Gasteiger partial charge >= 0.3 is 0 Å². The summed E-state index contributed by atoms with van der Waals surface area (Å²) in [6.45, 7) is 9.44. The molecule has 1 amide bonds. The number of nitrogens with one attached hydrogen (secondary N) is 1. The van der Waals surface area contributed by atoms with Crippen LogP contribution in [0.3, 0.4) is 0 Å². The van der Waals surface area contributed by atoms with Crippen molar-refractivity contribution in [1.82, 2.24) is 30.4 Å². The summed E-state index contributed by atoms with van der Waals surface area (Å²) < 4.78 is 1.72. The van der Waals surface area contributed by atoms with Crippen molar-refractivity contribution in [2.24, 2.45) is 0 Å².